The molecule has 47 heavy (non-hydrogen) atoms. The summed E-state index contributed by atoms with van der Waals surface area (Å²) in [5.41, 5.74) is 7.49. The zero-order chi connectivity index (χ0) is 31.5. The average Bonchev–Trinajstić information content (AvgIpc) is 3.50. The molecule has 2 nitrogen and oxygen atoms in total. The maximum Gasteiger partial charge on any atom is 0.137 e. The molecule has 0 N–H and O–H groups in total. The maximum absolute atomic E-state index is 6.36. The minimum absolute atomic E-state index is 0.120. The van der Waals surface area contributed by atoms with Crippen LogP contribution in [0.2, 0.25) is 0 Å². The lowest BCUT2D eigenvalue weighted by atomic mass is 9.78. The first-order valence-corrected chi connectivity index (χ1v) is 16.3. The van der Waals surface area contributed by atoms with Crippen molar-refractivity contribution >= 4 is 71.3 Å². The Morgan fingerprint density at radius 1 is 0.404 bits per heavy atom. The largest absolute Gasteiger partial charge is 0.456 e. The highest BCUT2D eigenvalue weighted by Gasteiger charge is 2.24. The number of nitrogens with zero attached hydrogens (tertiary/aromatic N) is 1. The Kier molecular flexibility index (Phi) is 6.20. The Balaban J connectivity index is 1.22. The number of benzene rings is 8. The van der Waals surface area contributed by atoms with Crippen molar-refractivity contribution in [3.8, 4) is 0 Å². The van der Waals surface area contributed by atoms with Gasteiger partial charge in [0.1, 0.15) is 11.2 Å². The summed E-state index contributed by atoms with van der Waals surface area (Å²) in [5, 5.41) is 9.84. The predicted molar refractivity (Wildman–Crippen MR) is 199 cm³/mol. The van der Waals surface area contributed by atoms with Gasteiger partial charge in [-0.2, -0.15) is 0 Å². The number of hydrogen-bond donors (Lipinski definition) is 0. The molecule has 0 amide bonds. The zero-order valence-electron chi connectivity index (χ0n) is 26.4. The highest BCUT2D eigenvalue weighted by Crippen LogP contribution is 2.42. The first kappa shape index (κ1) is 27.5. The number of furan rings is 1. The number of para-hydroxylation sites is 1. The molecule has 8 aromatic carbocycles. The number of hydrogen-bond acceptors (Lipinski definition) is 2. The van der Waals surface area contributed by atoms with Crippen molar-refractivity contribution in [3.63, 3.8) is 0 Å². The summed E-state index contributed by atoms with van der Waals surface area (Å²) < 4.78 is 6.36. The van der Waals surface area contributed by atoms with Crippen LogP contribution in [0, 0.1) is 0 Å². The molecule has 9 rings (SSSR count). The fraction of sp³-hybridized carbons (Fsp3) is 0.0667. The van der Waals surface area contributed by atoms with E-state index in [1.54, 1.807) is 0 Å². The van der Waals surface area contributed by atoms with Gasteiger partial charge in [0.15, 0.2) is 0 Å². The van der Waals surface area contributed by atoms with Crippen LogP contribution in [0.5, 0.6) is 0 Å². The Hall–Kier alpha value is -5.86. The zero-order valence-corrected chi connectivity index (χ0v) is 26.4. The van der Waals surface area contributed by atoms with Crippen molar-refractivity contribution < 1.29 is 4.42 Å². The van der Waals surface area contributed by atoms with Crippen LogP contribution in [0.15, 0.2) is 168 Å². The second-order valence-corrected chi connectivity index (χ2v) is 13.0. The predicted octanol–water partition coefficient (Wildman–Crippen LogP) is 12.8. The van der Waals surface area contributed by atoms with Crippen molar-refractivity contribution in [1.82, 2.24) is 0 Å². The molecule has 0 fully saturated rings. The van der Waals surface area contributed by atoms with Gasteiger partial charge in [-0.15, -0.1) is 0 Å². The third kappa shape index (κ3) is 4.48. The molecule has 0 spiro atoms. The monoisotopic (exact) mass is 603 g/mol. The van der Waals surface area contributed by atoms with Gasteiger partial charge in [0.05, 0.1) is 0 Å². The van der Waals surface area contributed by atoms with Gasteiger partial charge in [-0.3, -0.25) is 0 Å². The Labute approximate surface area is 274 Å². The molecule has 0 saturated heterocycles. The second kappa shape index (κ2) is 10.6. The van der Waals surface area contributed by atoms with E-state index in [1.807, 2.05) is 12.1 Å². The van der Waals surface area contributed by atoms with E-state index in [0.29, 0.717) is 0 Å². The number of fused-ring (bicyclic) bond motifs is 8. The molecule has 224 valence electrons. The van der Waals surface area contributed by atoms with Gasteiger partial charge in [-0.1, -0.05) is 129 Å². The lowest BCUT2D eigenvalue weighted by Gasteiger charge is -2.29. The van der Waals surface area contributed by atoms with Crippen LogP contribution in [-0.2, 0) is 5.41 Å². The van der Waals surface area contributed by atoms with Crippen molar-refractivity contribution in [2.75, 3.05) is 4.90 Å². The molecule has 0 radical (unpaired) electrons. The molecule has 0 bridgehead atoms. The van der Waals surface area contributed by atoms with Crippen LogP contribution < -0.4 is 4.90 Å². The summed E-state index contributed by atoms with van der Waals surface area (Å²) in [5.74, 6) is 0. The Bertz CT molecular complexity index is 2590. The van der Waals surface area contributed by atoms with Crippen LogP contribution in [0.1, 0.15) is 25.0 Å². The average molecular weight is 604 g/mol. The van der Waals surface area contributed by atoms with E-state index in [2.05, 4.69) is 170 Å². The van der Waals surface area contributed by atoms with Gasteiger partial charge in [0, 0.05) is 39.3 Å². The lowest BCUT2D eigenvalue weighted by Crippen LogP contribution is -2.19. The SMILES string of the molecule is CC(C)(c1ccccc1)c1ccc(N(c2ccc3c(ccc4ccc5ccccc5c43)c2)c2ccc3c(c2)oc2ccccc23)cc1. The Morgan fingerprint density at radius 2 is 0.957 bits per heavy atom. The lowest BCUT2D eigenvalue weighted by molar-refractivity contribution is 0.641. The van der Waals surface area contributed by atoms with Crippen molar-refractivity contribution in [2.24, 2.45) is 0 Å². The van der Waals surface area contributed by atoms with E-state index in [0.717, 1.165) is 39.0 Å². The molecule has 0 unspecified atom stereocenters. The summed E-state index contributed by atoms with van der Waals surface area (Å²) in [4.78, 5) is 2.35. The number of rotatable bonds is 5. The topological polar surface area (TPSA) is 16.4 Å². The van der Waals surface area contributed by atoms with Gasteiger partial charge in [0.2, 0.25) is 0 Å². The minimum Gasteiger partial charge on any atom is -0.456 e. The van der Waals surface area contributed by atoms with Gasteiger partial charge in [-0.25, -0.2) is 0 Å². The third-order valence-electron chi connectivity index (χ3n) is 9.93. The smallest absolute Gasteiger partial charge is 0.137 e. The molecule has 1 heterocycles. The summed E-state index contributed by atoms with van der Waals surface area (Å²) in [6.07, 6.45) is 0. The molecule has 1 aromatic heterocycles. The summed E-state index contributed by atoms with van der Waals surface area (Å²) >= 11 is 0. The molecule has 0 aliphatic rings. The highest BCUT2D eigenvalue weighted by molar-refractivity contribution is 6.20. The van der Waals surface area contributed by atoms with Crippen molar-refractivity contribution in [3.05, 3.63) is 175 Å². The minimum atomic E-state index is -0.120. The Morgan fingerprint density at radius 3 is 1.77 bits per heavy atom. The molecule has 0 saturated carbocycles. The van der Waals surface area contributed by atoms with Gasteiger partial charge in [0.25, 0.3) is 0 Å². The van der Waals surface area contributed by atoms with Crippen LogP contribution in [0.4, 0.5) is 17.1 Å². The summed E-state index contributed by atoms with van der Waals surface area (Å²) in [6.45, 7) is 4.59. The van der Waals surface area contributed by atoms with Crippen molar-refractivity contribution in [2.45, 2.75) is 19.3 Å². The van der Waals surface area contributed by atoms with Gasteiger partial charge in [-0.05, 0) is 85.9 Å². The van der Waals surface area contributed by atoms with Gasteiger partial charge < -0.3 is 9.32 Å². The van der Waals surface area contributed by atoms with E-state index in [4.69, 9.17) is 4.42 Å². The molecule has 0 aliphatic heterocycles. The molecular formula is C45H33NO. The molecular weight excluding hydrogens is 571 g/mol. The highest BCUT2D eigenvalue weighted by atomic mass is 16.3. The van der Waals surface area contributed by atoms with Crippen LogP contribution in [-0.4, -0.2) is 0 Å². The van der Waals surface area contributed by atoms with Crippen molar-refractivity contribution in [1.29, 1.82) is 0 Å². The fourth-order valence-corrected chi connectivity index (χ4v) is 7.31. The molecule has 0 atom stereocenters. The van der Waals surface area contributed by atoms with E-state index in [-0.39, 0.29) is 5.41 Å². The fourth-order valence-electron chi connectivity index (χ4n) is 7.31. The van der Waals surface area contributed by atoms with Crippen LogP contribution >= 0.6 is 0 Å². The van der Waals surface area contributed by atoms with E-state index in [9.17, 15) is 0 Å². The number of anilines is 3. The molecule has 0 aliphatic carbocycles. The summed E-state index contributed by atoms with van der Waals surface area (Å²) in [6, 6.07) is 59.1. The third-order valence-corrected chi connectivity index (χ3v) is 9.93. The van der Waals surface area contributed by atoms with Gasteiger partial charge >= 0.3 is 0 Å². The van der Waals surface area contributed by atoms with Crippen LogP contribution in [0.25, 0.3) is 54.3 Å². The van der Waals surface area contributed by atoms with E-state index < -0.39 is 0 Å². The summed E-state index contributed by atoms with van der Waals surface area (Å²) in [7, 11) is 0. The first-order valence-electron chi connectivity index (χ1n) is 16.3. The molecule has 9 aromatic rings. The second-order valence-electron chi connectivity index (χ2n) is 13.0. The van der Waals surface area contributed by atoms with E-state index in [1.165, 1.54) is 43.4 Å². The quantitative estimate of drug-likeness (QED) is 0.182. The normalized spacial score (nSPS) is 12.0. The standard InChI is InChI=1S/C45H33NO/c1-45(2,33-11-4-3-5-12-33)34-20-22-35(23-21-34)46(37-25-27-41-40-14-8-9-15-42(40)47-43(41)29-37)36-24-26-39-32(28-36)19-18-31-17-16-30-10-6-7-13-38(30)44(31)39/h3-29H,1-2H3. The maximum atomic E-state index is 6.36. The molecule has 2 heteroatoms. The van der Waals surface area contributed by atoms with Crippen LogP contribution in [0.3, 0.4) is 0 Å². The first-order chi connectivity index (χ1) is 23.0. The van der Waals surface area contributed by atoms with E-state index >= 15 is 0 Å².